The highest BCUT2D eigenvalue weighted by molar-refractivity contribution is 5.95. The summed E-state index contributed by atoms with van der Waals surface area (Å²) >= 11 is 0. The van der Waals surface area contributed by atoms with Gasteiger partial charge in [0.25, 0.3) is 0 Å². The molecule has 4 nitrogen and oxygen atoms in total. The average Bonchev–Trinajstić information content (AvgIpc) is 2.85. The lowest BCUT2D eigenvalue weighted by Crippen LogP contribution is -2.49. The molecule has 0 spiro atoms. The van der Waals surface area contributed by atoms with E-state index in [-0.39, 0.29) is 11.4 Å². The van der Waals surface area contributed by atoms with Crippen LogP contribution in [0.1, 0.15) is 73.4 Å². The van der Waals surface area contributed by atoms with E-state index in [1.807, 2.05) is 12.1 Å². The average molecular weight is 483 g/mol. The number of carboxylic acids is 1. The smallest absolute Gasteiger partial charge is 0.335 e. The predicted octanol–water partition coefficient (Wildman–Crippen LogP) is 7.17. The van der Waals surface area contributed by atoms with Crippen molar-refractivity contribution >= 4 is 22.7 Å². The third kappa shape index (κ3) is 4.31. The molecular weight excluding hydrogens is 448 g/mol. The Hall–Kier alpha value is -3.14. The van der Waals surface area contributed by atoms with Crippen LogP contribution in [0.15, 0.2) is 54.6 Å². The van der Waals surface area contributed by atoms with Gasteiger partial charge in [-0.15, -0.1) is 0 Å². The summed E-state index contributed by atoms with van der Waals surface area (Å²) in [5, 5.41) is 11.3. The van der Waals surface area contributed by atoms with Crippen LogP contribution < -0.4 is 0 Å². The number of fused-ring (bicyclic) bond motifs is 1. The largest absolute Gasteiger partial charge is 0.478 e. The molecule has 4 fully saturated rings. The van der Waals surface area contributed by atoms with Gasteiger partial charge in [-0.3, -0.25) is 4.79 Å². The van der Waals surface area contributed by atoms with E-state index in [2.05, 4.69) is 30.3 Å². The molecule has 0 atom stereocenters. The summed E-state index contributed by atoms with van der Waals surface area (Å²) in [6.07, 6.45) is 9.98. The van der Waals surface area contributed by atoms with Gasteiger partial charge in [-0.05, 0) is 126 Å². The number of carbonyl (C=O) groups is 2. The highest BCUT2D eigenvalue weighted by Crippen LogP contribution is 2.61. The fourth-order valence-corrected chi connectivity index (χ4v) is 7.95. The number of carbonyl (C=O) groups excluding carboxylic acids is 1. The number of esters is 1. The second-order valence-electron chi connectivity index (χ2n) is 11.6. The molecule has 3 aromatic carbocycles. The molecule has 4 bridgehead atoms. The van der Waals surface area contributed by atoms with Crippen LogP contribution in [0.2, 0.25) is 0 Å². The molecule has 4 aliphatic rings. The van der Waals surface area contributed by atoms with Gasteiger partial charge in [0.15, 0.2) is 0 Å². The first kappa shape index (κ1) is 23.3. The topological polar surface area (TPSA) is 63.6 Å². The Morgan fingerprint density at radius 2 is 1.47 bits per heavy atom. The number of hydrogen-bond donors (Lipinski definition) is 1. The zero-order chi connectivity index (χ0) is 24.9. The zero-order valence-electron chi connectivity index (χ0n) is 21.0. The summed E-state index contributed by atoms with van der Waals surface area (Å²) in [7, 11) is 0. The minimum absolute atomic E-state index is 0.210. The van der Waals surface area contributed by atoms with E-state index in [9.17, 15) is 14.7 Å². The van der Waals surface area contributed by atoms with Crippen LogP contribution in [0.5, 0.6) is 0 Å². The number of benzene rings is 3. The second kappa shape index (κ2) is 9.06. The molecule has 0 unspecified atom stereocenters. The van der Waals surface area contributed by atoms with Crippen molar-refractivity contribution in [3.8, 4) is 11.1 Å². The van der Waals surface area contributed by atoms with Crippen LogP contribution >= 0.6 is 0 Å². The number of aromatic carboxylic acids is 1. The molecule has 36 heavy (non-hydrogen) atoms. The SMILES string of the molecule is CC(=O)OCCCc1ccc(-c2ccc3cc(C(=O)O)ccc3c2)cc1C12CC3CC(CC(C3)C1)C2. The van der Waals surface area contributed by atoms with Crippen molar-refractivity contribution < 1.29 is 19.4 Å². The molecule has 0 heterocycles. The fourth-order valence-electron chi connectivity index (χ4n) is 7.95. The third-order valence-corrected chi connectivity index (χ3v) is 9.04. The van der Waals surface area contributed by atoms with Gasteiger partial charge in [0, 0.05) is 6.92 Å². The van der Waals surface area contributed by atoms with Crippen molar-refractivity contribution in [2.24, 2.45) is 17.8 Å². The Kier molecular flexibility index (Phi) is 5.86. The van der Waals surface area contributed by atoms with Crippen molar-refractivity contribution in [3.05, 3.63) is 71.3 Å². The molecule has 1 N–H and O–H groups in total. The Bertz CT molecular complexity index is 1300. The minimum Gasteiger partial charge on any atom is -0.478 e. The molecule has 7 rings (SSSR count). The van der Waals surface area contributed by atoms with Gasteiger partial charge in [0.2, 0.25) is 0 Å². The highest BCUT2D eigenvalue weighted by atomic mass is 16.5. The lowest BCUT2D eigenvalue weighted by Gasteiger charge is -2.57. The highest BCUT2D eigenvalue weighted by Gasteiger charge is 2.52. The molecular formula is C32H34O4. The van der Waals surface area contributed by atoms with Crippen LogP contribution in [-0.2, 0) is 21.4 Å². The van der Waals surface area contributed by atoms with E-state index < -0.39 is 5.97 Å². The lowest BCUT2D eigenvalue weighted by molar-refractivity contribution is -0.141. The maximum absolute atomic E-state index is 11.4. The van der Waals surface area contributed by atoms with E-state index in [1.54, 1.807) is 12.1 Å². The summed E-state index contributed by atoms with van der Waals surface area (Å²) < 4.78 is 5.23. The molecule has 3 aromatic rings. The van der Waals surface area contributed by atoms with Crippen molar-refractivity contribution in [2.45, 2.75) is 63.7 Å². The molecule has 4 aliphatic carbocycles. The van der Waals surface area contributed by atoms with Gasteiger partial charge >= 0.3 is 11.9 Å². The van der Waals surface area contributed by atoms with Crippen molar-refractivity contribution in [1.29, 1.82) is 0 Å². The molecule has 4 saturated carbocycles. The van der Waals surface area contributed by atoms with Crippen LogP contribution in [0, 0.1) is 17.8 Å². The monoisotopic (exact) mass is 482 g/mol. The first-order valence-corrected chi connectivity index (χ1v) is 13.4. The number of aryl methyl sites for hydroxylation is 1. The number of hydrogen-bond acceptors (Lipinski definition) is 3. The van der Waals surface area contributed by atoms with Crippen LogP contribution in [0.3, 0.4) is 0 Å². The summed E-state index contributed by atoms with van der Waals surface area (Å²) in [5.41, 5.74) is 5.95. The quantitative estimate of drug-likeness (QED) is 0.286. The zero-order valence-corrected chi connectivity index (χ0v) is 21.0. The summed E-state index contributed by atoms with van der Waals surface area (Å²) in [6.45, 7) is 1.95. The number of ether oxygens (including phenoxy) is 1. The minimum atomic E-state index is -0.898. The van der Waals surface area contributed by atoms with Gasteiger partial charge in [-0.2, -0.15) is 0 Å². The van der Waals surface area contributed by atoms with E-state index in [0.29, 0.717) is 12.2 Å². The Labute approximate surface area is 212 Å². The molecule has 0 saturated heterocycles. The van der Waals surface area contributed by atoms with Gasteiger partial charge in [-0.1, -0.05) is 36.4 Å². The maximum atomic E-state index is 11.4. The Morgan fingerprint density at radius 1 is 0.861 bits per heavy atom. The maximum Gasteiger partial charge on any atom is 0.335 e. The van der Waals surface area contributed by atoms with Crippen molar-refractivity contribution in [1.82, 2.24) is 0 Å². The molecule has 186 valence electrons. The van der Waals surface area contributed by atoms with Crippen molar-refractivity contribution in [3.63, 3.8) is 0 Å². The third-order valence-electron chi connectivity index (χ3n) is 9.04. The first-order chi connectivity index (χ1) is 17.4. The summed E-state index contributed by atoms with van der Waals surface area (Å²) in [5.74, 6) is 1.51. The molecule has 0 amide bonds. The second-order valence-corrected chi connectivity index (χ2v) is 11.6. The van der Waals surface area contributed by atoms with Crippen LogP contribution in [0.25, 0.3) is 21.9 Å². The van der Waals surface area contributed by atoms with E-state index in [1.165, 1.54) is 67.7 Å². The Balaban J connectivity index is 1.37. The van der Waals surface area contributed by atoms with Crippen LogP contribution in [0.4, 0.5) is 0 Å². The molecule has 0 aliphatic heterocycles. The number of rotatable bonds is 7. The predicted molar refractivity (Wildman–Crippen MR) is 141 cm³/mol. The van der Waals surface area contributed by atoms with E-state index in [0.717, 1.165) is 41.4 Å². The first-order valence-electron chi connectivity index (χ1n) is 13.4. The fraction of sp³-hybridized carbons (Fsp3) is 0.438. The normalized spacial score (nSPS) is 26.3. The summed E-state index contributed by atoms with van der Waals surface area (Å²) in [6, 6.07) is 18.7. The molecule has 0 radical (unpaired) electrons. The van der Waals surface area contributed by atoms with Gasteiger partial charge in [0.05, 0.1) is 12.2 Å². The van der Waals surface area contributed by atoms with E-state index >= 15 is 0 Å². The Morgan fingerprint density at radius 3 is 2.14 bits per heavy atom. The standard InChI is InChI=1S/C32H34O4/c1-20(33)36-10-2-3-24-4-5-28(26-6-7-27-15-29(31(34)35)9-8-25(27)14-26)16-30(24)32-17-21-11-22(18-32)13-23(12-21)19-32/h4-9,14-16,21-23H,2-3,10-13,17-19H2,1H3,(H,34,35). The van der Waals surface area contributed by atoms with Gasteiger partial charge in [0.1, 0.15) is 0 Å². The lowest BCUT2D eigenvalue weighted by atomic mass is 9.47. The van der Waals surface area contributed by atoms with Crippen molar-refractivity contribution in [2.75, 3.05) is 6.61 Å². The van der Waals surface area contributed by atoms with Gasteiger partial charge in [-0.25, -0.2) is 4.79 Å². The summed E-state index contributed by atoms with van der Waals surface area (Å²) in [4.78, 5) is 22.6. The van der Waals surface area contributed by atoms with Gasteiger partial charge < -0.3 is 9.84 Å². The van der Waals surface area contributed by atoms with Crippen LogP contribution in [-0.4, -0.2) is 23.7 Å². The molecule has 0 aromatic heterocycles. The number of carboxylic acid groups (broad SMARTS) is 1. The molecule has 4 heteroatoms. The van der Waals surface area contributed by atoms with E-state index in [4.69, 9.17) is 4.74 Å².